The number of hydrogen-bond donors (Lipinski definition) is 2. The molecule has 25 heavy (non-hydrogen) atoms. The molecule has 2 aromatic heterocycles. The zero-order valence-corrected chi connectivity index (χ0v) is 14.8. The number of rotatable bonds is 2. The van der Waals surface area contributed by atoms with E-state index in [0.717, 1.165) is 37.1 Å². The number of piperidine rings is 1. The van der Waals surface area contributed by atoms with Crippen LogP contribution in [0.4, 0.5) is 11.6 Å². The molecule has 0 bridgehead atoms. The summed E-state index contributed by atoms with van der Waals surface area (Å²) in [6, 6.07) is 0.146. The van der Waals surface area contributed by atoms with Gasteiger partial charge in [0.2, 0.25) is 0 Å². The number of carbonyl (C=O) groups excluding carboxylic acids is 1. The smallest absolute Gasteiger partial charge is 0.542 e. The third-order valence-corrected chi connectivity index (χ3v) is 3.74. The van der Waals surface area contributed by atoms with Gasteiger partial charge in [-0.3, -0.25) is 12.0 Å². The summed E-state index contributed by atoms with van der Waals surface area (Å²) in [5, 5.41) is 5.36. The van der Waals surface area contributed by atoms with E-state index in [0.29, 0.717) is 17.2 Å². The third kappa shape index (κ3) is 4.48. The van der Waals surface area contributed by atoms with E-state index in [-0.39, 0.29) is 24.9 Å². The van der Waals surface area contributed by atoms with E-state index in [1.54, 1.807) is 10.8 Å². The quantitative estimate of drug-likeness (QED) is 0.480. The first-order valence-electron chi connectivity index (χ1n) is 7.63. The van der Waals surface area contributed by atoms with Crippen molar-refractivity contribution >= 4 is 34.7 Å². The number of aromatic nitrogens is 4. The molecule has 3 rings (SSSR count). The van der Waals surface area contributed by atoms with Gasteiger partial charge in [-0.1, -0.05) is 0 Å². The summed E-state index contributed by atoms with van der Waals surface area (Å²) in [5.41, 5.74) is 13.4. The second-order valence-corrected chi connectivity index (χ2v) is 5.44. The summed E-state index contributed by atoms with van der Waals surface area (Å²) in [7, 11) is 0. The Labute approximate surface area is 159 Å². The molecule has 0 radical (unpaired) electrons. The fourth-order valence-electron chi connectivity index (χ4n) is 2.67. The predicted molar refractivity (Wildman–Crippen MR) is 95.5 cm³/mol. The van der Waals surface area contributed by atoms with Crippen molar-refractivity contribution in [3.63, 3.8) is 0 Å². The first kappa shape index (κ1) is 20.9. The third-order valence-electron chi connectivity index (χ3n) is 3.74. The summed E-state index contributed by atoms with van der Waals surface area (Å²) in [6.07, 6.45) is 6.63. The van der Waals surface area contributed by atoms with Gasteiger partial charge in [-0.2, -0.15) is 12.0 Å². The second kappa shape index (κ2) is 9.37. The molecule has 1 fully saturated rings. The van der Waals surface area contributed by atoms with Crippen LogP contribution in [0.2, 0.25) is 0 Å². The molecule has 0 aromatic carbocycles. The Hall–Kier alpha value is -2.14. The molecule has 0 unspecified atom stereocenters. The van der Waals surface area contributed by atoms with E-state index < -0.39 is 0 Å². The zero-order valence-electron chi connectivity index (χ0n) is 14.8. The van der Waals surface area contributed by atoms with Gasteiger partial charge in [0.25, 0.3) is 0 Å². The molecule has 8 nitrogen and oxygen atoms in total. The minimum absolute atomic E-state index is 0. The summed E-state index contributed by atoms with van der Waals surface area (Å²) < 4.78 is 1.65. The van der Waals surface area contributed by atoms with E-state index in [4.69, 9.17) is 16.3 Å². The molecule has 1 saturated heterocycles. The van der Waals surface area contributed by atoms with Crippen LogP contribution in [0.25, 0.3) is 16.7 Å². The number of hydrogen-bond acceptors (Lipinski definition) is 7. The summed E-state index contributed by atoms with van der Waals surface area (Å²) in [4.78, 5) is 19.2. The minimum Gasteiger partial charge on any atom is -0.542 e. The van der Waals surface area contributed by atoms with Crippen LogP contribution in [0, 0.1) is 13.8 Å². The van der Waals surface area contributed by atoms with Crippen molar-refractivity contribution in [1.29, 1.82) is 0 Å². The number of nitrogen functional groups attached to an aromatic ring is 1. The number of nitrogens with two attached hydrogens (primary N) is 2. The Morgan fingerprint density at radius 1 is 1.48 bits per heavy atom. The first-order chi connectivity index (χ1) is 11.5. The molecule has 1 aliphatic heterocycles. The van der Waals surface area contributed by atoms with Crippen LogP contribution in [-0.2, 0) is 4.79 Å². The fraction of sp³-hybridized carbons (Fsp3) is 0.375. The van der Waals surface area contributed by atoms with E-state index in [2.05, 4.69) is 33.8 Å². The van der Waals surface area contributed by atoms with Crippen LogP contribution in [0.1, 0.15) is 19.8 Å². The van der Waals surface area contributed by atoms with Crippen molar-refractivity contribution in [2.24, 2.45) is 5.73 Å². The molecule has 4 N–H and O–H groups in total. The van der Waals surface area contributed by atoms with Gasteiger partial charge in [0.15, 0.2) is 11.5 Å². The van der Waals surface area contributed by atoms with Crippen LogP contribution >= 0.6 is 0 Å². The van der Waals surface area contributed by atoms with Crippen molar-refractivity contribution in [1.82, 2.24) is 19.7 Å². The maximum atomic E-state index is 8.68. The number of anilines is 2. The summed E-state index contributed by atoms with van der Waals surface area (Å²) >= 11 is 0. The molecule has 130 valence electrons. The van der Waals surface area contributed by atoms with Gasteiger partial charge in [0.05, 0.1) is 0 Å². The molecule has 2 aromatic rings. The molecule has 0 aliphatic carbocycles. The minimum atomic E-state index is 0. The number of nitrogens with zero attached hydrogens (tertiary/aromatic N) is 5. The monoisotopic (exact) mass is 335 g/mol. The van der Waals surface area contributed by atoms with Crippen LogP contribution in [0.15, 0.2) is 12.4 Å². The maximum Gasteiger partial charge on any atom is 1.00 e. The van der Waals surface area contributed by atoms with Crippen molar-refractivity contribution in [2.45, 2.75) is 25.8 Å². The summed E-state index contributed by atoms with van der Waals surface area (Å²) in [6.45, 7) is 10.6. The van der Waals surface area contributed by atoms with Crippen LogP contribution in [0.3, 0.4) is 0 Å². The first-order valence-corrected chi connectivity index (χ1v) is 7.63. The second-order valence-electron chi connectivity index (χ2n) is 5.44. The van der Waals surface area contributed by atoms with Gasteiger partial charge in [0, 0.05) is 19.1 Å². The van der Waals surface area contributed by atoms with Gasteiger partial charge in [0.1, 0.15) is 17.5 Å². The van der Waals surface area contributed by atoms with E-state index >= 15 is 0 Å². The molecule has 1 atom stereocenters. The Kier molecular flexibility index (Phi) is 7.83. The van der Waals surface area contributed by atoms with Crippen LogP contribution < -0.4 is 35.2 Å². The molecule has 3 heterocycles. The zero-order chi connectivity index (χ0) is 17.7. The van der Waals surface area contributed by atoms with Gasteiger partial charge in [-0.25, -0.2) is 9.97 Å². The Balaban J connectivity index is 0.000000730. The fourth-order valence-corrected chi connectivity index (χ4v) is 2.67. The van der Waals surface area contributed by atoms with E-state index in [9.17, 15) is 0 Å². The molecule has 0 saturated carbocycles. The van der Waals surface area contributed by atoms with Crippen LogP contribution in [-0.4, -0.2) is 45.2 Å². The van der Waals surface area contributed by atoms with E-state index in [1.165, 1.54) is 19.5 Å². The molecule has 9 heteroatoms. The predicted octanol–water partition coefficient (Wildman–Crippen LogP) is -2.03. The van der Waals surface area contributed by atoms with Gasteiger partial charge in [-0.05, 0) is 12.8 Å². The number of fused-ring (bicyclic) bond motifs is 1. The largest absolute Gasteiger partial charge is 1.00 e. The molecule has 1 aliphatic rings. The van der Waals surface area contributed by atoms with E-state index in [1.807, 2.05) is 0 Å². The topological polar surface area (TPSA) is 116 Å². The Bertz CT molecular complexity index is 743. The van der Waals surface area contributed by atoms with Crippen molar-refractivity contribution in [3.05, 3.63) is 26.3 Å². The van der Waals surface area contributed by atoms with Crippen LogP contribution in [0.5, 0.6) is 0 Å². The molecular formula is C16H22LiN7O-2. The standard InChI is InChI=1S/C14H19N7.C2H3O.Li/c1-3-9(2)21-13-11(12(16)17-8-18-13)14(19-21)20-6-4-5-10(15)7-20;1-2-3;/h3,8,10H,1-2,4-7,15H2,(H2,16,17,18);1H3;/q-2;-1;+1/b9-3+;;/t10-;;/m1../s1. The Morgan fingerprint density at radius 3 is 2.76 bits per heavy atom. The molecular weight excluding hydrogens is 313 g/mol. The van der Waals surface area contributed by atoms with Gasteiger partial charge >= 0.3 is 18.9 Å². The average Bonchev–Trinajstić information content (AvgIpc) is 2.96. The van der Waals surface area contributed by atoms with Crippen molar-refractivity contribution in [2.75, 3.05) is 23.7 Å². The maximum absolute atomic E-state index is 8.68. The SMILES string of the molecule is C[C-]=O.[CH2-]/C=C(\[CH2-])n1nc(N2CCC[C@@H](N)C2)c2c(N)ncnc21.[Li+]. The Morgan fingerprint density at radius 2 is 2.16 bits per heavy atom. The van der Waals surface area contributed by atoms with Gasteiger partial charge in [-0.15, -0.1) is 0 Å². The van der Waals surface area contributed by atoms with Crippen molar-refractivity contribution in [3.8, 4) is 0 Å². The summed E-state index contributed by atoms with van der Waals surface area (Å²) in [5.74, 6) is 1.18. The average molecular weight is 335 g/mol. The van der Waals surface area contributed by atoms with Gasteiger partial charge < -0.3 is 45.8 Å². The normalized spacial score (nSPS) is 17.4. The molecule has 0 amide bonds. The molecule has 0 spiro atoms. The van der Waals surface area contributed by atoms with Crippen molar-refractivity contribution < 1.29 is 23.7 Å². The number of allylic oxidation sites excluding steroid dienone is 2.